The average Bonchev–Trinajstić information content (AvgIpc) is 3.33. The van der Waals surface area contributed by atoms with Gasteiger partial charge in [0.1, 0.15) is 0 Å². The fraction of sp³-hybridized carbons (Fsp3) is 0.200. The van der Waals surface area contributed by atoms with Crippen LogP contribution in [0, 0.1) is 10.8 Å². The van der Waals surface area contributed by atoms with Gasteiger partial charge < -0.3 is 4.90 Å². The molecule has 4 aliphatic rings. The Morgan fingerprint density at radius 2 is 1.07 bits per heavy atom. The molecule has 10 rings (SSSR count). The van der Waals surface area contributed by atoms with E-state index in [1.165, 1.54) is 56.0 Å². The minimum Gasteiger partial charge on any atom is -0.310 e. The van der Waals surface area contributed by atoms with Crippen LogP contribution in [0.5, 0.6) is 0 Å². The zero-order valence-corrected chi connectivity index (χ0v) is 26.9. The lowest BCUT2D eigenvalue weighted by Crippen LogP contribution is -2.78. The Morgan fingerprint density at radius 3 is 1.76 bits per heavy atom. The molecule has 1 heterocycles. The van der Waals surface area contributed by atoms with Crippen molar-refractivity contribution in [1.29, 1.82) is 0 Å². The molecule has 46 heavy (non-hydrogen) atoms. The van der Waals surface area contributed by atoms with Gasteiger partial charge in [0.05, 0.1) is 16.8 Å². The smallest absolute Gasteiger partial charge is 0.0606 e. The molecule has 1 fully saturated rings. The highest BCUT2D eigenvalue weighted by Gasteiger charge is 2.88. The molecule has 0 saturated heterocycles. The summed E-state index contributed by atoms with van der Waals surface area (Å²) < 4.78 is 0. The van der Waals surface area contributed by atoms with Crippen LogP contribution in [0.1, 0.15) is 61.4 Å². The van der Waals surface area contributed by atoms with Crippen molar-refractivity contribution in [2.45, 2.75) is 44.4 Å². The second-order valence-electron chi connectivity index (χ2n) is 15.0. The lowest BCUT2D eigenvalue weighted by Gasteiger charge is -2.80. The van der Waals surface area contributed by atoms with Gasteiger partial charge in [0.15, 0.2) is 0 Å². The topological polar surface area (TPSA) is 3.24 Å². The molecule has 1 aliphatic heterocycles. The van der Waals surface area contributed by atoms with Gasteiger partial charge in [-0.25, -0.2) is 0 Å². The van der Waals surface area contributed by atoms with E-state index in [2.05, 4.69) is 178 Å². The summed E-state index contributed by atoms with van der Waals surface area (Å²) in [6.45, 7) is 10.2. The number of nitrogens with zero attached hydrogens (tertiary/aromatic N) is 1. The molecular weight excluding hydrogens is 555 g/mol. The highest BCUT2D eigenvalue weighted by molar-refractivity contribution is 5.96. The zero-order valence-electron chi connectivity index (χ0n) is 26.9. The largest absolute Gasteiger partial charge is 0.310 e. The van der Waals surface area contributed by atoms with Crippen molar-refractivity contribution >= 4 is 17.1 Å². The second-order valence-corrected chi connectivity index (χ2v) is 15.0. The van der Waals surface area contributed by atoms with E-state index in [9.17, 15) is 0 Å². The Balaban J connectivity index is 1.30. The monoisotopic (exact) mass is 591 g/mol. The molecule has 1 saturated carbocycles. The molecule has 0 N–H and O–H groups in total. The lowest BCUT2D eigenvalue weighted by molar-refractivity contribution is -0.179. The highest BCUT2D eigenvalue weighted by atomic mass is 15.2. The van der Waals surface area contributed by atoms with Gasteiger partial charge in [0, 0.05) is 17.0 Å². The number of anilines is 3. The van der Waals surface area contributed by atoms with E-state index in [4.69, 9.17) is 0 Å². The van der Waals surface area contributed by atoms with Crippen LogP contribution in [0.2, 0.25) is 0 Å². The number of hydrogen-bond acceptors (Lipinski definition) is 1. The Kier molecular flexibility index (Phi) is 4.85. The molecule has 2 spiro atoms. The fourth-order valence-corrected chi connectivity index (χ4v) is 10.9. The molecular formula is C45H37N. The Bertz CT molecular complexity index is 2210. The first-order chi connectivity index (χ1) is 22.3. The maximum absolute atomic E-state index is 2.56. The highest BCUT2D eigenvalue weighted by Crippen LogP contribution is 2.92. The third kappa shape index (κ3) is 2.66. The summed E-state index contributed by atoms with van der Waals surface area (Å²) in [5.74, 6) is 0.438. The Hall–Kier alpha value is -4.88. The fourth-order valence-electron chi connectivity index (χ4n) is 10.9. The van der Waals surface area contributed by atoms with Crippen LogP contribution < -0.4 is 4.90 Å². The van der Waals surface area contributed by atoms with Crippen molar-refractivity contribution < 1.29 is 0 Å². The van der Waals surface area contributed by atoms with Crippen molar-refractivity contribution in [1.82, 2.24) is 0 Å². The summed E-state index contributed by atoms with van der Waals surface area (Å²) in [6.07, 6.45) is 0. The molecule has 1 nitrogen and oxygen atoms in total. The number of rotatable bonds is 3. The molecule has 0 amide bonds. The van der Waals surface area contributed by atoms with Crippen LogP contribution in [-0.2, 0) is 10.8 Å². The van der Waals surface area contributed by atoms with E-state index < -0.39 is 0 Å². The third-order valence-electron chi connectivity index (χ3n) is 13.1. The van der Waals surface area contributed by atoms with Gasteiger partial charge in [-0.2, -0.15) is 0 Å². The van der Waals surface area contributed by atoms with Gasteiger partial charge in [-0.1, -0.05) is 143 Å². The van der Waals surface area contributed by atoms with Crippen LogP contribution in [0.25, 0.3) is 22.3 Å². The quantitative estimate of drug-likeness (QED) is 0.198. The van der Waals surface area contributed by atoms with Crippen LogP contribution in [0.4, 0.5) is 17.1 Å². The summed E-state index contributed by atoms with van der Waals surface area (Å²) in [5.41, 5.74) is 16.5. The van der Waals surface area contributed by atoms with Gasteiger partial charge in [-0.05, 0) is 91.2 Å². The maximum Gasteiger partial charge on any atom is 0.0606 e. The van der Waals surface area contributed by atoms with Crippen LogP contribution in [0.15, 0.2) is 146 Å². The maximum atomic E-state index is 2.56. The van der Waals surface area contributed by atoms with Crippen molar-refractivity contribution in [2.75, 3.05) is 4.90 Å². The zero-order chi connectivity index (χ0) is 31.1. The molecule has 0 aromatic heterocycles. The van der Waals surface area contributed by atoms with Crippen molar-refractivity contribution in [3.05, 3.63) is 173 Å². The van der Waals surface area contributed by atoms with E-state index in [1.807, 2.05) is 0 Å². The van der Waals surface area contributed by atoms with Gasteiger partial charge in [-0.15, -0.1) is 0 Å². The lowest BCUT2D eigenvalue weighted by atomic mass is 9.22. The van der Waals surface area contributed by atoms with Gasteiger partial charge in [0.2, 0.25) is 0 Å². The van der Waals surface area contributed by atoms with Gasteiger partial charge >= 0.3 is 0 Å². The number of hydrogen-bond donors (Lipinski definition) is 0. The Morgan fingerprint density at radius 1 is 0.478 bits per heavy atom. The average molecular weight is 592 g/mol. The van der Waals surface area contributed by atoms with Crippen LogP contribution in [-0.4, -0.2) is 0 Å². The minimum atomic E-state index is -0.209. The molecule has 1 heteroatoms. The number of benzene rings is 6. The molecule has 3 atom stereocenters. The summed E-state index contributed by atoms with van der Waals surface area (Å²) in [4.78, 5) is 2.56. The van der Waals surface area contributed by atoms with E-state index in [1.54, 1.807) is 11.1 Å². The van der Waals surface area contributed by atoms with Gasteiger partial charge in [-0.3, -0.25) is 0 Å². The minimum absolute atomic E-state index is 0.00809. The third-order valence-corrected chi connectivity index (χ3v) is 13.1. The van der Waals surface area contributed by atoms with Crippen LogP contribution in [0.3, 0.4) is 0 Å². The molecule has 3 aliphatic carbocycles. The van der Waals surface area contributed by atoms with E-state index in [0.717, 1.165) is 0 Å². The van der Waals surface area contributed by atoms with E-state index in [-0.39, 0.29) is 21.7 Å². The van der Waals surface area contributed by atoms with Gasteiger partial charge in [0.25, 0.3) is 0 Å². The molecule has 222 valence electrons. The normalized spacial score (nSPS) is 24.8. The second kappa shape index (κ2) is 8.47. The predicted octanol–water partition coefficient (Wildman–Crippen LogP) is 11.6. The molecule has 6 aromatic carbocycles. The summed E-state index contributed by atoms with van der Waals surface area (Å²) in [7, 11) is 0. The van der Waals surface area contributed by atoms with Crippen molar-refractivity contribution in [3.63, 3.8) is 0 Å². The predicted molar refractivity (Wildman–Crippen MR) is 190 cm³/mol. The number of fused-ring (bicyclic) bond motifs is 3. The van der Waals surface area contributed by atoms with Crippen molar-refractivity contribution in [3.8, 4) is 22.3 Å². The molecule has 0 radical (unpaired) electrons. The first kappa shape index (κ1) is 26.3. The summed E-state index contributed by atoms with van der Waals surface area (Å²) >= 11 is 0. The summed E-state index contributed by atoms with van der Waals surface area (Å²) in [6, 6.07) is 54.7. The van der Waals surface area contributed by atoms with E-state index >= 15 is 0 Å². The van der Waals surface area contributed by atoms with Crippen molar-refractivity contribution in [2.24, 2.45) is 10.8 Å². The Labute approximate surface area is 272 Å². The molecule has 0 bridgehead atoms. The molecule has 3 unspecified atom stereocenters. The van der Waals surface area contributed by atoms with E-state index in [0.29, 0.717) is 5.92 Å². The molecule has 6 aromatic rings. The standard InChI is InChI=1S/C45H37N/c1-42(2)41-34-18-13-21-39-40(34)44(35-19-11-12-20-36(35)45(41,44)43(42,3)4)37-28-32(30-16-9-6-10-17-30)24-27-38(37)46(39)33-25-22-31(23-26-33)29-14-7-5-8-15-29/h5-28,41H,1-4H3. The summed E-state index contributed by atoms with van der Waals surface area (Å²) in [5, 5.41) is 0. The van der Waals surface area contributed by atoms with Crippen LogP contribution >= 0.6 is 0 Å². The SMILES string of the molecule is CC1(C)C2c3cccc4c3C3(c5cc(-c6ccccc6)ccc5N4c4ccc(-c5ccccc5)cc4)c4ccccc4C23C1(C)C. The first-order valence-electron chi connectivity index (χ1n) is 16.7. The first-order valence-corrected chi connectivity index (χ1v) is 16.7.